The van der Waals surface area contributed by atoms with Crippen LogP contribution in [0.5, 0.6) is 5.75 Å². The molecule has 0 aromatic heterocycles. The van der Waals surface area contributed by atoms with Gasteiger partial charge in [0.2, 0.25) is 11.8 Å². The molecule has 2 atom stereocenters. The summed E-state index contributed by atoms with van der Waals surface area (Å²) in [6.45, 7) is 7.92. The summed E-state index contributed by atoms with van der Waals surface area (Å²) < 4.78 is 5.42. The van der Waals surface area contributed by atoms with E-state index in [9.17, 15) is 19.5 Å². The van der Waals surface area contributed by atoms with Crippen molar-refractivity contribution >= 4 is 29.7 Å². The molecule has 3 amide bonds. The van der Waals surface area contributed by atoms with Gasteiger partial charge in [0.15, 0.2) is 0 Å². The first-order valence-electron chi connectivity index (χ1n) is 12.9. The molecular formula is C27H43N3O5S. The zero-order valence-electron chi connectivity index (χ0n) is 22.3. The van der Waals surface area contributed by atoms with Gasteiger partial charge in [-0.2, -0.15) is 11.8 Å². The van der Waals surface area contributed by atoms with Gasteiger partial charge in [0.25, 0.3) is 0 Å². The number of thioether (sulfide) groups is 1. The number of hydrogen-bond donors (Lipinski definition) is 3. The monoisotopic (exact) mass is 521 g/mol. The number of nitrogens with zero attached hydrogens (tertiary/aromatic N) is 1. The minimum absolute atomic E-state index is 0.0307. The summed E-state index contributed by atoms with van der Waals surface area (Å²) in [5, 5.41) is 15.9. The van der Waals surface area contributed by atoms with Crippen molar-refractivity contribution in [3.63, 3.8) is 0 Å². The van der Waals surface area contributed by atoms with Crippen molar-refractivity contribution < 1.29 is 24.2 Å². The van der Waals surface area contributed by atoms with Gasteiger partial charge in [0.05, 0.1) is 0 Å². The fourth-order valence-corrected chi connectivity index (χ4v) is 4.59. The maximum Gasteiger partial charge on any atom is 0.408 e. The summed E-state index contributed by atoms with van der Waals surface area (Å²) >= 11 is 1.58. The topological polar surface area (TPSA) is 108 Å². The Labute approximate surface area is 219 Å². The number of phenols is 1. The molecule has 36 heavy (non-hydrogen) atoms. The predicted octanol–water partition coefficient (Wildman–Crippen LogP) is 4.77. The van der Waals surface area contributed by atoms with E-state index in [1.807, 2.05) is 6.26 Å². The van der Waals surface area contributed by atoms with Crippen LogP contribution in [0, 0.1) is 0 Å². The lowest BCUT2D eigenvalue weighted by atomic mass is 9.88. The van der Waals surface area contributed by atoms with E-state index in [4.69, 9.17) is 4.74 Å². The highest BCUT2D eigenvalue weighted by molar-refractivity contribution is 7.98. The Morgan fingerprint density at radius 1 is 1.22 bits per heavy atom. The maximum absolute atomic E-state index is 14.1. The van der Waals surface area contributed by atoms with Gasteiger partial charge in [-0.25, -0.2) is 4.79 Å². The summed E-state index contributed by atoms with van der Waals surface area (Å²) in [6, 6.07) is 4.65. The quantitative estimate of drug-likeness (QED) is 0.323. The van der Waals surface area contributed by atoms with Crippen molar-refractivity contribution in [1.29, 1.82) is 0 Å². The van der Waals surface area contributed by atoms with Crippen LogP contribution in [0.3, 0.4) is 0 Å². The number of hydrogen-bond acceptors (Lipinski definition) is 6. The van der Waals surface area contributed by atoms with Gasteiger partial charge in [-0.3, -0.25) is 9.59 Å². The van der Waals surface area contributed by atoms with Gasteiger partial charge in [-0.1, -0.05) is 31.9 Å². The maximum atomic E-state index is 14.1. The minimum Gasteiger partial charge on any atom is -0.508 e. The zero-order valence-corrected chi connectivity index (χ0v) is 23.2. The third-order valence-electron chi connectivity index (χ3n) is 6.11. The number of aromatic hydroxyl groups is 1. The summed E-state index contributed by atoms with van der Waals surface area (Å²) in [6.07, 6.45) is 7.11. The average molecular weight is 522 g/mol. The Morgan fingerprint density at radius 2 is 1.94 bits per heavy atom. The van der Waals surface area contributed by atoms with Crippen LogP contribution in [0.4, 0.5) is 4.79 Å². The van der Waals surface area contributed by atoms with Crippen molar-refractivity contribution in [2.75, 3.05) is 18.6 Å². The number of ether oxygens (including phenoxy) is 1. The second-order valence-electron chi connectivity index (χ2n) is 10.3. The Bertz CT molecular complexity index is 869. The lowest BCUT2D eigenvalue weighted by Crippen LogP contribution is -2.57. The van der Waals surface area contributed by atoms with Crippen molar-refractivity contribution in [2.24, 2.45) is 0 Å². The molecule has 1 aliphatic rings. The Kier molecular flexibility index (Phi) is 11.9. The number of nitrogens with one attached hydrogen (secondary N) is 2. The van der Waals surface area contributed by atoms with Crippen LogP contribution in [0.15, 0.2) is 24.3 Å². The van der Waals surface area contributed by atoms with E-state index in [0.717, 1.165) is 38.5 Å². The van der Waals surface area contributed by atoms with Gasteiger partial charge in [-0.15, -0.1) is 0 Å². The molecule has 3 N–H and O–H groups in total. The van der Waals surface area contributed by atoms with E-state index in [1.165, 1.54) is 6.07 Å². The molecule has 1 saturated carbocycles. The van der Waals surface area contributed by atoms with Gasteiger partial charge in [0, 0.05) is 12.6 Å². The molecule has 1 aromatic carbocycles. The SMILES string of the molecule is CCCCCNC(=O)C(c1cccc(O)c1)N(C(=O)C(CCSC)NC(=O)OC(C)(C)C)C1CCC1. The van der Waals surface area contributed by atoms with E-state index < -0.39 is 23.8 Å². The Hall–Kier alpha value is -2.42. The molecule has 0 bridgehead atoms. The van der Waals surface area contributed by atoms with Gasteiger partial charge < -0.3 is 25.4 Å². The third-order valence-corrected chi connectivity index (χ3v) is 6.76. The normalized spacial score (nSPS) is 15.4. The molecule has 202 valence electrons. The zero-order chi connectivity index (χ0) is 26.7. The third kappa shape index (κ3) is 9.22. The van der Waals surface area contributed by atoms with Crippen molar-refractivity contribution in [1.82, 2.24) is 15.5 Å². The molecule has 0 spiro atoms. The van der Waals surface area contributed by atoms with Crippen LogP contribution in [-0.4, -0.2) is 64.2 Å². The fraction of sp³-hybridized carbons (Fsp3) is 0.667. The summed E-state index contributed by atoms with van der Waals surface area (Å²) in [5.41, 5.74) is -0.156. The van der Waals surface area contributed by atoms with Crippen LogP contribution in [0.2, 0.25) is 0 Å². The summed E-state index contributed by atoms with van der Waals surface area (Å²) in [5.74, 6) is 0.0997. The van der Waals surface area contributed by atoms with E-state index in [1.54, 1.807) is 55.6 Å². The van der Waals surface area contributed by atoms with Gasteiger partial charge in [-0.05, 0) is 82.6 Å². The number of carbonyl (C=O) groups excluding carboxylic acids is 3. The molecule has 2 unspecified atom stereocenters. The first-order chi connectivity index (χ1) is 17.1. The van der Waals surface area contributed by atoms with Crippen LogP contribution in [-0.2, 0) is 14.3 Å². The summed E-state index contributed by atoms with van der Waals surface area (Å²) in [4.78, 5) is 41.9. The second kappa shape index (κ2) is 14.4. The lowest BCUT2D eigenvalue weighted by Gasteiger charge is -2.43. The highest BCUT2D eigenvalue weighted by Crippen LogP contribution is 2.35. The first kappa shape index (κ1) is 29.8. The van der Waals surface area contributed by atoms with E-state index >= 15 is 0 Å². The smallest absolute Gasteiger partial charge is 0.408 e. The second-order valence-corrected chi connectivity index (χ2v) is 11.3. The molecule has 0 aliphatic heterocycles. The van der Waals surface area contributed by atoms with E-state index in [-0.39, 0.29) is 23.6 Å². The van der Waals surface area contributed by atoms with Crippen molar-refractivity contribution in [3.8, 4) is 5.75 Å². The van der Waals surface area contributed by atoms with Gasteiger partial charge in [0.1, 0.15) is 23.4 Å². The van der Waals surface area contributed by atoms with E-state index in [0.29, 0.717) is 24.3 Å². The molecule has 1 aliphatic carbocycles. The molecule has 0 saturated heterocycles. The number of amides is 3. The van der Waals surface area contributed by atoms with Crippen molar-refractivity contribution in [3.05, 3.63) is 29.8 Å². The predicted molar refractivity (Wildman–Crippen MR) is 144 cm³/mol. The first-order valence-corrected chi connectivity index (χ1v) is 14.3. The number of benzene rings is 1. The standard InChI is InChI=1S/C27H43N3O5S/c1-6-7-8-16-28-24(32)23(19-11-9-14-21(31)18-19)30(20-12-10-13-20)25(33)22(15-17-36-5)29-26(34)35-27(2,3)4/h9,11,14,18,20,22-23,31H,6-8,10,12-13,15-17H2,1-5H3,(H,28,32)(H,29,34). The molecule has 8 nitrogen and oxygen atoms in total. The average Bonchev–Trinajstić information content (AvgIpc) is 2.76. The highest BCUT2D eigenvalue weighted by atomic mass is 32.2. The van der Waals surface area contributed by atoms with Gasteiger partial charge >= 0.3 is 6.09 Å². The Balaban J connectivity index is 2.40. The molecule has 1 fully saturated rings. The molecule has 2 rings (SSSR count). The van der Waals surface area contributed by atoms with E-state index in [2.05, 4.69) is 17.6 Å². The molecule has 0 heterocycles. The number of carbonyl (C=O) groups is 3. The molecular weight excluding hydrogens is 478 g/mol. The van der Waals surface area contributed by atoms with Crippen molar-refractivity contribution in [2.45, 2.75) is 96.4 Å². The summed E-state index contributed by atoms with van der Waals surface area (Å²) in [7, 11) is 0. The largest absolute Gasteiger partial charge is 0.508 e. The number of unbranched alkanes of at least 4 members (excludes halogenated alkanes) is 2. The lowest BCUT2D eigenvalue weighted by molar-refractivity contribution is -0.147. The van der Waals surface area contributed by atoms with Crippen LogP contribution in [0.1, 0.15) is 84.2 Å². The highest BCUT2D eigenvalue weighted by Gasteiger charge is 2.41. The molecule has 1 aromatic rings. The fourth-order valence-electron chi connectivity index (χ4n) is 4.12. The number of phenolic OH excluding ortho intramolecular Hbond substituents is 1. The minimum atomic E-state index is -0.909. The number of rotatable bonds is 13. The van der Waals surface area contributed by atoms with Crippen LogP contribution < -0.4 is 10.6 Å². The van der Waals surface area contributed by atoms with Crippen LogP contribution in [0.25, 0.3) is 0 Å². The molecule has 0 radical (unpaired) electrons. The Morgan fingerprint density at radius 3 is 2.50 bits per heavy atom. The number of alkyl carbamates (subject to hydrolysis) is 1. The van der Waals surface area contributed by atoms with Crippen LogP contribution >= 0.6 is 11.8 Å². The molecule has 9 heteroatoms.